The number of carbonyl (C=O) groups is 1. The van der Waals surface area contributed by atoms with Gasteiger partial charge in [0.25, 0.3) is 0 Å². The Morgan fingerprint density at radius 2 is 1.93 bits per heavy atom. The van der Waals surface area contributed by atoms with Gasteiger partial charge >= 0.3 is 0 Å². The Morgan fingerprint density at radius 3 is 2.68 bits per heavy atom. The van der Waals surface area contributed by atoms with E-state index < -0.39 is 5.60 Å². The predicted octanol–water partition coefficient (Wildman–Crippen LogP) is 4.47. The molecule has 2 heterocycles. The number of fused-ring (bicyclic) bond motifs is 1. The van der Waals surface area contributed by atoms with Gasteiger partial charge in [-0.05, 0) is 49.1 Å². The number of piperidine rings is 1. The van der Waals surface area contributed by atoms with Crippen molar-refractivity contribution in [2.75, 3.05) is 13.1 Å². The van der Waals surface area contributed by atoms with E-state index in [1.54, 1.807) is 0 Å². The first-order chi connectivity index (χ1) is 13.5. The molecule has 1 saturated carbocycles. The van der Waals surface area contributed by atoms with Crippen LogP contribution in [-0.4, -0.2) is 39.2 Å². The van der Waals surface area contributed by atoms with Gasteiger partial charge in [0.15, 0.2) is 0 Å². The van der Waals surface area contributed by atoms with Gasteiger partial charge in [0.1, 0.15) is 0 Å². The molecule has 2 aliphatic rings. The molecule has 150 valence electrons. The molecule has 1 aromatic heterocycles. The van der Waals surface area contributed by atoms with Crippen LogP contribution in [0.4, 0.5) is 0 Å². The molecule has 1 amide bonds. The second-order valence-electron chi connectivity index (χ2n) is 8.47. The summed E-state index contributed by atoms with van der Waals surface area (Å²) in [5, 5.41) is 11.6. The number of benzene rings is 1. The summed E-state index contributed by atoms with van der Waals surface area (Å²) in [6, 6.07) is 11.9. The summed E-state index contributed by atoms with van der Waals surface area (Å²) >= 11 is 6.06. The molecule has 4 nitrogen and oxygen atoms in total. The summed E-state index contributed by atoms with van der Waals surface area (Å²) < 4.78 is 2.13. The maximum absolute atomic E-state index is 13.2. The summed E-state index contributed by atoms with van der Waals surface area (Å²) in [5.74, 6) is 0.529. The molecule has 0 bridgehead atoms. The molecule has 4 rings (SSSR count). The lowest BCUT2D eigenvalue weighted by Gasteiger charge is -2.47. The van der Waals surface area contributed by atoms with Gasteiger partial charge in [-0.15, -0.1) is 0 Å². The average Bonchev–Trinajstić information content (AvgIpc) is 3.20. The predicted molar refractivity (Wildman–Crippen MR) is 111 cm³/mol. The topological polar surface area (TPSA) is 45.5 Å². The van der Waals surface area contributed by atoms with Gasteiger partial charge in [0.05, 0.1) is 5.60 Å². The van der Waals surface area contributed by atoms with Crippen LogP contribution in [0, 0.1) is 5.92 Å². The van der Waals surface area contributed by atoms with Crippen LogP contribution in [0.1, 0.15) is 50.0 Å². The number of likely N-dealkylation sites (tertiary alicyclic amines) is 1. The van der Waals surface area contributed by atoms with E-state index in [1.807, 2.05) is 53.7 Å². The van der Waals surface area contributed by atoms with Crippen LogP contribution in [0.25, 0.3) is 0 Å². The summed E-state index contributed by atoms with van der Waals surface area (Å²) in [7, 11) is 0. The lowest BCUT2D eigenvalue weighted by molar-refractivity contribution is -0.143. The van der Waals surface area contributed by atoms with E-state index in [1.165, 1.54) is 0 Å². The largest absolute Gasteiger partial charge is 0.389 e. The minimum atomic E-state index is -0.546. The number of carbonyl (C=O) groups excluding carboxylic acids is 1. The fourth-order valence-corrected chi connectivity index (χ4v) is 5.03. The molecule has 0 spiro atoms. The van der Waals surface area contributed by atoms with Gasteiger partial charge in [-0.3, -0.25) is 4.79 Å². The summed E-state index contributed by atoms with van der Waals surface area (Å²) in [6.07, 6.45) is 9.46. The number of rotatable bonds is 5. The Morgan fingerprint density at radius 1 is 1.18 bits per heavy atom. The van der Waals surface area contributed by atoms with E-state index >= 15 is 0 Å². The fraction of sp³-hybridized carbons (Fsp3) is 0.522. The molecule has 3 atom stereocenters. The van der Waals surface area contributed by atoms with E-state index in [4.69, 9.17) is 11.6 Å². The van der Waals surface area contributed by atoms with Gasteiger partial charge in [-0.1, -0.05) is 36.6 Å². The summed E-state index contributed by atoms with van der Waals surface area (Å²) in [4.78, 5) is 15.2. The van der Waals surface area contributed by atoms with Crippen LogP contribution in [0.3, 0.4) is 0 Å². The van der Waals surface area contributed by atoms with E-state index in [9.17, 15) is 9.90 Å². The quantitative estimate of drug-likeness (QED) is 0.804. The van der Waals surface area contributed by atoms with Crippen LogP contribution in [-0.2, 0) is 11.3 Å². The molecule has 2 fully saturated rings. The zero-order chi connectivity index (χ0) is 19.6. The highest BCUT2D eigenvalue weighted by Gasteiger charge is 2.43. The highest BCUT2D eigenvalue weighted by atomic mass is 35.5. The Hall–Kier alpha value is -1.78. The van der Waals surface area contributed by atoms with Crippen molar-refractivity contribution in [2.24, 2.45) is 5.92 Å². The maximum atomic E-state index is 13.2. The Bertz CT molecular complexity index is 789. The SMILES string of the molecule is O=C(C[C@H](Cn1cccc1)c1ccc(Cl)cc1)N1CC[C@@]2(O)CCCC[C@H]2C1. The van der Waals surface area contributed by atoms with Gasteiger partial charge in [0.2, 0.25) is 5.91 Å². The summed E-state index contributed by atoms with van der Waals surface area (Å²) in [6.45, 7) is 2.14. The van der Waals surface area contributed by atoms with Crippen molar-refractivity contribution >= 4 is 17.5 Å². The van der Waals surface area contributed by atoms with Crippen molar-refractivity contribution in [1.82, 2.24) is 9.47 Å². The van der Waals surface area contributed by atoms with E-state index in [-0.39, 0.29) is 17.7 Å². The van der Waals surface area contributed by atoms with Crippen molar-refractivity contribution in [2.45, 2.75) is 56.6 Å². The standard InChI is InChI=1S/C23H29ClN2O2/c24-21-8-6-18(7-9-21)19(16-25-12-3-4-13-25)15-22(27)26-14-11-23(28)10-2-1-5-20(23)17-26/h3-4,6-9,12-13,19-20,28H,1-2,5,10-11,14-17H2/t19-,20+,23+/m1/s1. The van der Waals surface area contributed by atoms with E-state index in [2.05, 4.69) is 4.57 Å². The molecule has 2 aromatic rings. The minimum absolute atomic E-state index is 0.101. The van der Waals surface area contributed by atoms with Gasteiger partial charge in [-0.2, -0.15) is 0 Å². The number of amides is 1. The van der Waals surface area contributed by atoms with Crippen molar-refractivity contribution in [1.29, 1.82) is 0 Å². The first kappa shape index (κ1) is 19.5. The van der Waals surface area contributed by atoms with Gasteiger partial charge in [-0.25, -0.2) is 0 Å². The van der Waals surface area contributed by atoms with Gasteiger partial charge in [0, 0.05) is 55.3 Å². The van der Waals surface area contributed by atoms with Gasteiger partial charge < -0.3 is 14.6 Å². The lowest BCUT2D eigenvalue weighted by Crippen LogP contribution is -2.54. The van der Waals surface area contributed by atoms with Crippen LogP contribution in [0.2, 0.25) is 5.02 Å². The molecule has 1 aliphatic carbocycles. The third kappa shape index (κ3) is 4.28. The smallest absolute Gasteiger partial charge is 0.223 e. The third-order valence-corrected chi connectivity index (χ3v) is 6.89. The molecule has 0 radical (unpaired) electrons. The van der Waals surface area contributed by atoms with Crippen molar-refractivity contribution in [3.05, 3.63) is 59.4 Å². The second-order valence-corrected chi connectivity index (χ2v) is 8.90. The van der Waals surface area contributed by atoms with E-state index in [0.717, 1.165) is 37.8 Å². The molecule has 1 saturated heterocycles. The van der Waals surface area contributed by atoms with Crippen LogP contribution >= 0.6 is 11.6 Å². The fourth-order valence-electron chi connectivity index (χ4n) is 4.91. The number of aromatic nitrogens is 1. The second kappa shape index (κ2) is 8.30. The first-order valence-corrected chi connectivity index (χ1v) is 10.8. The summed E-state index contributed by atoms with van der Waals surface area (Å²) in [5.41, 5.74) is 0.591. The number of hydrogen-bond donors (Lipinski definition) is 1. The van der Waals surface area contributed by atoms with Crippen LogP contribution < -0.4 is 0 Å². The zero-order valence-electron chi connectivity index (χ0n) is 16.3. The number of aliphatic hydroxyl groups is 1. The molecular formula is C23H29ClN2O2. The molecule has 1 aromatic carbocycles. The highest BCUT2D eigenvalue weighted by molar-refractivity contribution is 6.30. The Balaban J connectivity index is 1.46. The number of hydrogen-bond acceptors (Lipinski definition) is 2. The van der Waals surface area contributed by atoms with Crippen molar-refractivity contribution in [3.8, 4) is 0 Å². The minimum Gasteiger partial charge on any atom is -0.389 e. The Kier molecular flexibility index (Phi) is 5.79. The van der Waals surface area contributed by atoms with Crippen molar-refractivity contribution < 1.29 is 9.90 Å². The lowest BCUT2D eigenvalue weighted by atomic mass is 9.71. The zero-order valence-corrected chi connectivity index (χ0v) is 17.0. The molecular weight excluding hydrogens is 372 g/mol. The molecule has 28 heavy (non-hydrogen) atoms. The normalized spacial score (nSPS) is 25.9. The molecule has 1 aliphatic heterocycles. The first-order valence-electron chi connectivity index (χ1n) is 10.4. The van der Waals surface area contributed by atoms with E-state index in [0.29, 0.717) is 31.0 Å². The third-order valence-electron chi connectivity index (χ3n) is 6.64. The molecule has 5 heteroatoms. The van der Waals surface area contributed by atoms with Crippen molar-refractivity contribution in [3.63, 3.8) is 0 Å². The number of halogens is 1. The maximum Gasteiger partial charge on any atom is 0.223 e. The highest BCUT2D eigenvalue weighted by Crippen LogP contribution is 2.40. The molecule has 1 N–H and O–H groups in total. The average molecular weight is 401 g/mol. The molecule has 0 unspecified atom stereocenters. The van der Waals surface area contributed by atoms with Crippen LogP contribution in [0.15, 0.2) is 48.8 Å². The number of nitrogens with zero attached hydrogens (tertiary/aromatic N) is 2. The Labute approximate surface area is 172 Å². The van der Waals surface area contributed by atoms with Crippen LogP contribution in [0.5, 0.6) is 0 Å². The monoisotopic (exact) mass is 400 g/mol.